The maximum Gasteiger partial charge on any atom is 0.271 e. The first-order valence-corrected chi connectivity index (χ1v) is 11.4. The molecule has 1 aliphatic heterocycles. The molecule has 3 heterocycles. The van der Waals surface area contributed by atoms with Crippen LogP contribution in [-0.2, 0) is 0 Å². The number of pyridine rings is 1. The van der Waals surface area contributed by atoms with Gasteiger partial charge in [-0.15, -0.1) is 0 Å². The number of nitrogens with one attached hydrogen (secondary N) is 2. The monoisotopic (exact) mass is 436 g/mol. The van der Waals surface area contributed by atoms with Crippen LogP contribution in [0.4, 0.5) is 10.1 Å². The van der Waals surface area contributed by atoms with Crippen molar-refractivity contribution >= 4 is 38.3 Å². The minimum absolute atomic E-state index is 0.105. The summed E-state index contributed by atoms with van der Waals surface area (Å²) >= 11 is 1.19. The van der Waals surface area contributed by atoms with Crippen LogP contribution in [0.25, 0.3) is 21.1 Å². The minimum atomic E-state index is -0.424. The van der Waals surface area contributed by atoms with Gasteiger partial charge in [-0.3, -0.25) is 14.0 Å². The third-order valence-electron chi connectivity index (χ3n) is 6.33. The predicted octanol–water partition coefficient (Wildman–Crippen LogP) is 3.53. The fraction of sp³-hybridized carbons (Fsp3) is 0.304. The smallest absolute Gasteiger partial charge is 0.271 e. The first-order valence-electron chi connectivity index (χ1n) is 10.5. The fourth-order valence-electron chi connectivity index (χ4n) is 4.65. The fourth-order valence-corrected chi connectivity index (χ4v) is 5.58. The molecule has 0 spiro atoms. The van der Waals surface area contributed by atoms with Gasteiger partial charge in [0, 0.05) is 37.1 Å². The van der Waals surface area contributed by atoms with Gasteiger partial charge in [-0.25, -0.2) is 4.39 Å². The molecule has 1 aliphatic carbocycles. The molecule has 1 atom stereocenters. The van der Waals surface area contributed by atoms with Gasteiger partial charge in [-0.05, 0) is 42.1 Å². The van der Waals surface area contributed by atoms with Crippen molar-refractivity contribution in [3.05, 3.63) is 74.4 Å². The summed E-state index contributed by atoms with van der Waals surface area (Å²) in [5.41, 5.74) is 1.60. The Kier molecular flexibility index (Phi) is 4.26. The molecule has 2 aliphatic rings. The van der Waals surface area contributed by atoms with Gasteiger partial charge in [-0.2, -0.15) is 0 Å². The quantitative estimate of drug-likeness (QED) is 0.516. The first kappa shape index (κ1) is 18.8. The molecule has 2 aromatic heterocycles. The number of hydrogen-bond acceptors (Lipinski definition) is 5. The lowest BCUT2D eigenvalue weighted by Crippen LogP contribution is -2.46. The van der Waals surface area contributed by atoms with Crippen LogP contribution in [0, 0.1) is 5.82 Å². The van der Waals surface area contributed by atoms with E-state index in [1.54, 1.807) is 6.07 Å². The van der Waals surface area contributed by atoms with Gasteiger partial charge in [0.2, 0.25) is 5.43 Å². The Morgan fingerprint density at radius 1 is 1.10 bits per heavy atom. The molecular formula is C23H21FN4O2S. The Hall–Kier alpha value is -2.97. The van der Waals surface area contributed by atoms with Crippen LogP contribution in [0.5, 0.6) is 0 Å². The van der Waals surface area contributed by atoms with Crippen LogP contribution in [-0.4, -0.2) is 28.6 Å². The van der Waals surface area contributed by atoms with E-state index in [0.717, 1.165) is 19.4 Å². The van der Waals surface area contributed by atoms with E-state index >= 15 is 4.39 Å². The lowest BCUT2D eigenvalue weighted by molar-refractivity contribution is 0.466. The molecule has 2 N–H and O–H groups in total. The van der Waals surface area contributed by atoms with Crippen molar-refractivity contribution in [2.45, 2.75) is 24.9 Å². The van der Waals surface area contributed by atoms with Crippen LogP contribution in [0.15, 0.2) is 52.1 Å². The van der Waals surface area contributed by atoms with E-state index in [1.807, 2.05) is 18.2 Å². The van der Waals surface area contributed by atoms with E-state index in [4.69, 9.17) is 0 Å². The van der Waals surface area contributed by atoms with Crippen molar-refractivity contribution in [1.29, 1.82) is 0 Å². The molecule has 1 saturated carbocycles. The second-order valence-electron chi connectivity index (χ2n) is 8.33. The van der Waals surface area contributed by atoms with E-state index in [-0.39, 0.29) is 22.9 Å². The lowest BCUT2D eigenvalue weighted by Gasteiger charge is -2.36. The maximum atomic E-state index is 15.3. The third-order valence-corrected chi connectivity index (χ3v) is 7.21. The SMILES string of the molecule is O=c1[nH]sc2c1c(=O)c1cc(F)c(N3CCNC(c4ccccc4)C3)cc1n2C1CC1. The van der Waals surface area contributed by atoms with Gasteiger partial charge >= 0.3 is 0 Å². The number of halogens is 1. The van der Waals surface area contributed by atoms with E-state index in [0.29, 0.717) is 29.1 Å². The zero-order chi connectivity index (χ0) is 21.1. The van der Waals surface area contributed by atoms with Gasteiger partial charge in [0.1, 0.15) is 16.0 Å². The standard InChI is InChI=1S/C23H21FN4O2S/c24-16-10-15-18(28(14-6-7-14)23-20(21(15)29)22(30)26-31-23)11-19(16)27-9-8-25-17(12-27)13-4-2-1-3-5-13/h1-5,10-11,14,17,25H,6-9,12H2,(H,26,30). The molecule has 0 amide bonds. The van der Waals surface area contributed by atoms with Crippen LogP contribution in [0.2, 0.25) is 0 Å². The Bertz CT molecular complexity index is 1420. The van der Waals surface area contributed by atoms with E-state index in [2.05, 4.69) is 31.3 Å². The highest BCUT2D eigenvalue weighted by molar-refractivity contribution is 7.12. The van der Waals surface area contributed by atoms with Crippen molar-refractivity contribution in [2.24, 2.45) is 0 Å². The summed E-state index contributed by atoms with van der Waals surface area (Å²) in [5, 5.41) is 3.93. The van der Waals surface area contributed by atoms with Crippen LogP contribution in [0.3, 0.4) is 0 Å². The molecule has 1 unspecified atom stereocenters. The summed E-state index contributed by atoms with van der Waals surface area (Å²) in [4.78, 5) is 28.0. The Morgan fingerprint density at radius 2 is 1.90 bits per heavy atom. The third kappa shape index (κ3) is 3.01. The van der Waals surface area contributed by atoms with E-state index < -0.39 is 16.8 Å². The van der Waals surface area contributed by atoms with Gasteiger partial charge in [0.15, 0.2) is 0 Å². The predicted molar refractivity (Wildman–Crippen MR) is 122 cm³/mol. The zero-order valence-corrected chi connectivity index (χ0v) is 17.5. The molecule has 1 saturated heterocycles. The summed E-state index contributed by atoms with van der Waals surface area (Å²) in [6, 6.07) is 13.6. The first-order chi connectivity index (χ1) is 15.1. The van der Waals surface area contributed by atoms with Crippen molar-refractivity contribution in [1.82, 2.24) is 14.3 Å². The number of H-pyrrole nitrogens is 1. The molecule has 0 bridgehead atoms. The van der Waals surface area contributed by atoms with E-state index in [9.17, 15) is 9.59 Å². The number of fused-ring (bicyclic) bond motifs is 2. The van der Waals surface area contributed by atoms with Gasteiger partial charge in [0.05, 0.1) is 11.2 Å². The summed E-state index contributed by atoms with van der Waals surface area (Å²) in [7, 11) is 0. The normalized spacial score (nSPS) is 19.4. The Morgan fingerprint density at radius 3 is 2.68 bits per heavy atom. The number of nitrogens with zero attached hydrogens (tertiary/aromatic N) is 2. The number of anilines is 1. The van der Waals surface area contributed by atoms with Crippen LogP contribution < -0.4 is 21.2 Å². The zero-order valence-electron chi connectivity index (χ0n) is 16.7. The molecule has 2 fully saturated rings. The summed E-state index contributed by atoms with van der Waals surface area (Å²) in [6.45, 7) is 2.06. The van der Waals surface area contributed by atoms with Crippen LogP contribution in [0.1, 0.15) is 30.5 Å². The molecule has 31 heavy (non-hydrogen) atoms. The number of rotatable bonds is 3. The van der Waals surface area contributed by atoms with Crippen LogP contribution >= 0.6 is 11.5 Å². The second-order valence-corrected chi connectivity index (χ2v) is 9.12. The molecule has 6 nitrogen and oxygen atoms in total. The molecule has 2 aromatic carbocycles. The van der Waals surface area contributed by atoms with Crippen molar-refractivity contribution < 1.29 is 4.39 Å². The largest absolute Gasteiger partial charge is 0.366 e. The Balaban J connectivity index is 1.51. The topological polar surface area (TPSA) is 70.1 Å². The highest BCUT2D eigenvalue weighted by Crippen LogP contribution is 2.41. The summed E-state index contributed by atoms with van der Waals surface area (Å²) < 4.78 is 20.0. The maximum absolute atomic E-state index is 15.3. The minimum Gasteiger partial charge on any atom is -0.366 e. The summed E-state index contributed by atoms with van der Waals surface area (Å²) in [6.07, 6.45) is 1.99. The molecule has 4 aromatic rings. The average Bonchev–Trinajstić information content (AvgIpc) is 3.56. The number of hydrogen-bond donors (Lipinski definition) is 2. The van der Waals surface area contributed by atoms with Crippen molar-refractivity contribution in [3.63, 3.8) is 0 Å². The van der Waals surface area contributed by atoms with Gasteiger partial charge < -0.3 is 14.8 Å². The number of aromatic nitrogens is 2. The van der Waals surface area contributed by atoms with Crippen molar-refractivity contribution in [2.75, 3.05) is 24.5 Å². The number of piperazine rings is 1. The second kappa shape index (κ2) is 7.03. The summed E-state index contributed by atoms with van der Waals surface area (Å²) in [5.74, 6) is -0.424. The molecule has 6 rings (SSSR count). The highest BCUT2D eigenvalue weighted by Gasteiger charge is 2.30. The average molecular weight is 437 g/mol. The lowest BCUT2D eigenvalue weighted by atomic mass is 10.0. The highest BCUT2D eigenvalue weighted by atomic mass is 32.1. The van der Waals surface area contributed by atoms with Gasteiger partial charge in [0.25, 0.3) is 5.56 Å². The number of aromatic amines is 1. The van der Waals surface area contributed by atoms with Crippen molar-refractivity contribution in [3.8, 4) is 0 Å². The molecule has 158 valence electrons. The van der Waals surface area contributed by atoms with E-state index in [1.165, 1.54) is 23.2 Å². The molecular weight excluding hydrogens is 415 g/mol. The van der Waals surface area contributed by atoms with Gasteiger partial charge in [-0.1, -0.05) is 30.3 Å². The number of benzene rings is 2. The molecule has 0 radical (unpaired) electrons. The Labute approximate surface area is 181 Å². The molecule has 8 heteroatoms.